The number of aryl methyl sites for hydroxylation is 1. The molecule has 0 amide bonds. The van der Waals surface area contributed by atoms with E-state index in [4.69, 9.17) is 10.2 Å². The molecule has 0 aromatic carbocycles. The zero-order valence-electron chi connectivity index (χ0n) is 11.4. The first kappa shape index (κ1) is 13.0. The Bertz CT molecular complexity index is 721. The van der Waals surface area contributed by atoms with E-state index < -0.39 is 0 Å². The Balaban J connectivity index is 1.76. The van der Waals surface area contributed by atoms with Crippen LogP contribution in [0.25, 0.3) is 5.95 Å². The zero-order valence-corrected chi connectivity index (χ0v) is 11.4. The molecular weight excluding hydrogens is 272 g/mol. The van der Waals surface area contributed by atoms with Gasteiger partial charge in [-0.3, -0.25) is 0 Å². The summed E-state index contributed by atoms with van der Waals surface area (Å²) in [6.07, 6.45) is 5.86. The highest BCUT2D eigenvalue weighted by molar-refractivity contribution is 5.34. The molecule has 3 N–H and O–H groups in total. The van der Waals surface area contributed by atoms with Gasteiger partial charge < -0.3 is 15.5 Å². The van der Waals surface area contributed by atoms with E-state index in [1.807, 2.05) is 6.92 Å². The number of nitrogens with zero attached hydrogens (tertiary/aromatic N) is 6. The first-order chi connectivity index (χ1) is 10.2. The quantitative estimate of drug-likeness (QED) is 0.706. The van der Waals surface area contributed by atoms with Gasteiger partial charge >= 0.3 is 0 Å². The summed E-state index contributed by atoms with van der Waals surface area (Å²) in [6.45, 7) is 2.36. The number of nitrogens with two attached hydrogens (primary N) is 1. The summed E-state index contributed by atoms with van der Waals surface area (Å²) >= 11 is 0. The minimum Gasteiger partial charge on any atom is -0.444 e. The van der Waals surface area contributed by atoms with Gasteiger partial charge in [0.1, 0.15) is 5.76 Å². The Kier molecular flexibility index (Phi) is 3.46. The molecule has 0 aliphatic carbocycles. The van der Waals surface area contributed by atoms with E-state index >= 15 is 0 Å². The monoisotopic (exact) mass is 286 g/mol. The van der Waals surface area contributed by atoms with Crippen molar-refractivity contribution in [1.82, 2.24) is 29.7 Å². The van der Waals surface area contributed by atoms with Gasteiger partial charge in [-0.1, -0.05) is 6.92 Å². The van der Waals surface area contributed by atoms with Crippen LogP contribution in [0.1, 0.15) is 18.6 Å². The van der Waals surface area contributed by atoms with Crippen LogP contribution in [0.2, 0.25) is 0 Å². The van der Waals surface area contributed by atoms with Gasteiger partial charge in [0.15, 0.2) is 0 Å². The topological polar surface area (TPSA) is 121 Å². The maximum absolute atomic E-state index is 5.68. The molecule has 9 heteroatoms. The molecule has 3 aromatic rings. The molecule has 3 rings (SSSR count). The van der Waals surface area contributed by atoms with Crippen molar-refractivity contribution < 1.29 is 4.42 Å². The molecule has 108 valence electrons. The molecule has 0 bridgehead atoms. The number of oxazole rings is 1. The van der Waals surface area contributed by atoms with Crippen LogP contribution in [0, 0.1) is 0 Å². The van der Waals surface area contributed by atoms with Crippen molar-refractivity contribution in [3.05, 3.63) is 36.3 Å². The van der Waals surface area contributed by atoms with Crippen molar-refractivity contribution in [2.75, 3.05) is 11.1 Å². The van der Waals surface area contributed by atoms with Crippen molar-refractivity contribution in [2.24, 2.45) is 0 Å². The number of anilines is 2. The van der Waals surface area contributed by atoms with Gasteiger partial charge in [0.25, 0.3) is 5.95 Å². The van der Waals surface area contributed by atoms with E-state index in [1.54, 1.807) is 24.7 Å². The number of rotatable bonds is 5. The highest BCUT2D eigenvalue weighted by Gasteiger charge is 2.08. The summed E-state index contributed by atoms with van der Waals surface area (Å²) in [6, 6.07) is 1.77. The predicted molar refractivity (Wildman–Crippen MR) is 74.6 cm³/mol. The van der Waals surface area contributed by atoms with Gasteiger partial charge in [-0.25, -0.2) is 9.67 Å². The lowest BCUT2D eigenvalue weighted by atomic mass is 10.4. The summed E-state index contributed by atoms with van der Waals surface area (Å²) in [4.78, 5) is 16.4. The molecule has 0 saturated heterocycles. The van der Waals surface area contributed by atoms with E-state index in [0.29, 0.717) is 24.3 Å². The third-order valence-corrected chi connectivity index (χ3v) is 2.70. The molecule has 0 aliphatic rings. The predicted octanol–water partition coefficient (Wildman–Crippen LogP) is 0.802. The lowest BCUT2D eigenvalue weighted by Gasteiger charge is -2.05. The Morgan fingerprint density at radius 1 is 1.33 bits per heavy atom. The fourth-order valence-electron chi connectivity index (χ4n) is 1.70. The Hall–Kier alpha value is -2.97. The fourth-order valence-corrected chi connectivity index (χ4v) is 1.70. The average molecular weight is 286 g/mol. The second-order valence-electron chi connectivity index (χ2n) is 4.20. The molecule has 0 aliphatic heterocycles. The Labute approximate surface area is 120 Å². The SMILES string of the molecule is CCc1cnc(CNc2nc(N)nc(-n3cccn3)n2)o1. The van der Waals surface area contributed by atoms with Crippen LogP contribution < -0.4 is 11.1 Å². The van der Waals surface area contributed by atoms with Crippen LogP contribution in [0.4, 0.5) is 11.9 Å². The van der Waals surface area contributed by atoms with Crippen molar-refractivity contribution in [3.63, 3.8) is 0 Å². The molecule has 3 heterocycles. The number of hydrogen-bond donors (Lipinski definition) is 2. The molecule has 0 radical (unpaired) electrons. The summed E-state index contributed by atoms with van der Waals surface area (Å²) < 4.78 is 7.00. The molecule has 9 nitrogen and oxygen atoms in total. The second-order valence-corrected chi connectivity index (χ2v) is 4.20. The molecule has 3 aromatic heterocycles. The van der Waals surface area contributed by atoms with E-state index in [9.17, 15) is 0 Å². The molecular formula is C12H14N8O. The maximum Gasteiger partial charge on any atom is 0.257 e. The maximum atomic E-state index is 5.68. The number of aromatic nitrogens is 6. The van der Waals surface area contributed by atoms with Crippen molar-refractivity contribution in [1.29, 1.82) is 0 Å². The summed E-state index contributed by atoms with van der Waals surface area (Å²) in [7, 11) is 0. The van der Waals surface area contributed by atoms with E-state index in [0.717, 1.165) is 12.2 Å². The van der Waals surface area contributed by atoms with E-state index in [2.05, 4.69) is 30.4 Å². The largest absolute Gasteiger partial charge is 0.444 e. The highest BCUT2D eigenvalue weighted by atomic mass is 16.4. The highest BCUT2D eigenvalue weighted by Crippen LogP contribution is 2.09. The summed E-state index contributed by atoms with van der Waals surface area (Å²) in [5.41, 5.74) is 5.68. The normalized spacial score (nSPS) is 10.7. The second kappa shape index (κ2) is 5.57. The first-order valence-corrected chi connectivity index (χ1v) is 6.43. The minimum atomic E-state index is 0.111. The van der Waals surface area contributed by atoms with Gasteiger partial charge in [0.05, 0.1) is 12.7 Å². The van der Waals surface area contributed by atoms with Crippen LogP contribution in [-0.2, 0) is 13.0 Å². The lowest BCUT2D eigenvalue weighted by Crippen LogP contribution is -2.11. The fraction of sp³-hybridized carbons (Fsp3) is 0.250. The molecule has 0 fully saturated rings. The van der Waals surface area contributed by atoms with Crippen molar-refractivity contribution in [3.8, 4) is 5.95 Å². The number of nitrogens with one attached hydrogen (secondary N) is 1. The number of nitrogen functional groups attached to an aromatic ring is 1. The van der Waals surface area contributed by atoms with Crippen LogP contribution in [-0.4, -0.2) is 29.7 Å². The minimum absolute atomic E-state index is 0.111. The van der Waals surface area contributed by atoms with Crippen LogP contribution in [0.3, 0.4) is 0 Å². The van der Waals surface area contributed by atoms with Gasteiger partial charge in [-0.05, 0) is 6.07 Å². The Morgan fingerprint density at radius 2 is 2.24 bits per heavy atom. The summed E-state index contributed by atoms with van der Waals surface area (Å²) in [5, 5.41) is 7.05. The molecule has 0 saturated carbocycles. The third kappa shape index (κ3) is 2.96. The van der Waals surface area contributed by atoms with Gasteiger partial charge in [0.2, 0.25) is 17.8 Å². The van der Waals surface area contributed by atoms with Crippen LogP contribution >= 0.6 is 0 Å². The standard InChI is InChI=1S/C12H14N8O/c1-2-8-6-14-9(21-8)7-15-11-17-10(13)18-12(19-11)20-5-3-4-16-20/h3-6H,2,7H2,1H3,(H3,13,15,17,18,19). The average Bonchev–Trinajstić information content (AvgIpc) is 3.16. The van der Waals surface area contributed by atoms with E-state index in [1.165, 1.54) is 4.68 Å². The van der Waals surface area contributed by atoms with Gasteiger partial charge in [0, 0.05) is 18.8 Å². The van der Waals surface area contributed by atoms with Crippen LogP contribution in [0.15, 0.2) is 29.1 Å². The third-order valence-electron chi connectivity index (χ3n) is 2.70. The first-order valence-electron chi connectivity index (χ1n) is 6.43. The van der Waals surface area contributed by atoms with Crippen molar-refractivity contribution >= 4 is 11.9 Å². The molecule has 0 spiro atoms. The zero-order chi connectivity index (χ0) is 14.7. The molecule has 0 unspecified atom stereocenters. The smallest absolute Gasteiger partial charge is 0.257 e. The Morgan fingerprint density at radius 3 is 2.95 bits per heavy atom. The number of hydrogen-bond acceptors (Lipinski definition) is 8. The van der Waals surface area contributed by atoms with Crippen molar-refractivity contribution in [2.45, 2.75) is 19.9 Å². The van der Waals surface area contributed by atoms with Gasteiger partial charge in [-0.2, -0.15) is 20.1 Å². The van der Waals surface area contributed by atoms with Crippen LogP contribution in [0.5, 0.6) is 0 Å². The molecule has 21 heavy (non-hydrogen) atoms. The summed E-state index contributed by atoms with van der Waals surface area (Å²) in [5.74, 6) is 2.19. The van der Waals surface area contributed by atoms with Gasteiger partial charge in [-0.15, -0.1) is 0 Å². The molecule has 0 atom stereocenters. The lowest BCUT2D eigenvalue weighted by molar-refractivity contribution is 0.465. The van der Waals surface area contributed by atoms with E-state index in [-0.39, 0.29) is 5.95 Å².